The first kappa shape index (κ1) is 16.9. The number of aryl methyl sites for hydroxylation is 1. The van der Waals surface area contributed by atoms with Crippen molar-refractivity contribution in [3.05, 3.63) is 59.2 Å². The number of benzene rings is 2. The first-order chi connectivity index (χ1) is 12.6. The Balaban J connectivity index is 1.67. The van der Waals surface area contributed by atoms with Crippen molar-refractivity contribution in [3.63, 3.8) is 0 Å². The number of aliphatic carboxylic acids is 1. The van der Waals surface area contributed by atoms with Crippen LogP contribution in [0.2, 0.25) is 0 Å². The number of carbonyl (C=O) groups is 1. The second-order valence-corrected chi connectivity index (χ2v) is 7.08. The zero-order valence-corrected chi connectivity index (χ0v) is 14.9. The van der Waals surface area contributed by atoms with Crippen LogP contribution in [0.1, 0.15) is 35.6 Å². The lowest BCUT2D eigenvalue weighted by Gasteiger charge is -2.37. The van der Waals surface area contributed by atoms with Crippen LogP contribution in [0.25, 0.3) is 0 Å². The number of ether oxygens (including phenoxy) is 2. The molecule has 5 heteroatoms. The Morgan fingerprint density at radius 2 is 1.81 bits per heavy atom. The number of piperidine rings is 1. The summed E-state index contributed by atoms with van der Waals surface area (Å²) in [5, 5.41) is 9.29. The molecule has 2 aromatic rings. The number of fused-ring (bicyclic) bond motifs is 1. The van der Waals surface area contributed by atoms with E-state index >= 15 is 0 Å². The van der Waals surface area contributed by atoms with Crippen molar-refractivity contribution < 1.29 is 19.4 Å². The van der Waals surface area contributed by atoms with Crippen molar-refractivity contribution in [2.45, 2.75) is 25.8 Å². The van der Waals surface area contributed by atoms with Gasteiger partial charge in [-0.1, -0.05) is 35.9 Å². The largest absolute Gasteiger partial charge is 0.481 e. The standard InChI is InChI=1S/C21H23NO4/c1-14-3-2-4-16(11-14)20(22-9-7-15(8-10-22)21(23)24)17-5-6-18-19(12-17)26-13-25-18/h2-6,11-12,15,20H,7-10,13H2,1H3,(H,23,24). The number of carboxylic acids is 1. The van der Waals surface area contributed by atoms with Crippen LogP contribution < -0.4 is 9.47 Å². The molecule has 0 amide bonds. The fraction of sp³-hybridized carbons (Fsp3) is 0.381. The summed E-state index contributed by atoms with van der Waals surface area (Å²) in [4.78, 5) is 13.7. The second kappa shape index (κ2) is 7.00. The molecule has 4 rings (SSSR count). The molecule has 0 spiro atoms. The summed E-state index contributed by atoms with van der Waals surface area (Å²) >= 11 is 0. The molecule has 2 heterocycles. The fourth-order valence-electron chi connectivity index (χ4n) is 3.94. The molecule has 5 nitrogen and oxygen atoms in total. The molecule has 0 saturated carbocycles. The number of carboxylic acid groups (broad SMARTS) is 1. The van der Waals surface area contributed by atoms with Gasteiger partial charge in [0.05, 0.1) is 12.0 Å². The van der Waals surface area contributed by atoms with Crippen LogP contribution in [0, 0.1) is 12.8 Å². The lowest BCUT2D eigenvalue weighted by Crippen LogP contribution is -2.39. The van der Waals surface area contributed by atoms with E-state index in [1.165, 1.54) is 11.1 Å². The van der Waals surface area contributed by atoms with Crippen LogP contribution in [0.5, 0.6) is 11.5 Å². The Morgan fingerprint density at radius 3 is 2.54 bits per heavy atom. The summed E-state index contributed by atoms with van der Waals surface area (Å²) in [6.07, 6.45) is 1.37. The van der Waals surface area contributed by atoms with Crippen molar-refractivity contribution in [2.75, 3.05) is 19.9 Å². The minimum absolute atomic E-state index is 0.0825. The maximum atomic E-state index is 11.3. The molecule has 26 heavy (non-hydrogen) atoms. The molecule has 136 valence electrons. The van der Waals surface area contributed by atoms with Crippen LogP contribution in [-0.4, -0.2) is 35.9 Å². The predicted octanol–water partition coefficient (Wildman–Crippen LogP) is 3.61. The van der Waals surface area contributed by atoms with Crippen molar-refractivity contribution >= 4 is 5.97 Å². The predicted molar refractivity (Wildman–Crippen MR) is 97.5 cm³/mol. The molecule has 2 aromatic carbocycles. The first-order valence-corrected chi connectivity index (χ1v) is 9.05. The molecule has 1 fully saturated rings. The van der Waals surface area contributed by atoms with Crippen molar-refractivity contribution in [1.82, 2.24) is 4.90 Å². The topological polar surface area (TPSA) is 59.0 Å². The Labute approximate surface area is 153 Å². The number of hydrogen-bond donors (Lipinski definition) is 1. The molecule has 1 saturated heterocycles. The molecule has 0 aliphatic carbocycles. The molecule has 2 aliphatic heterocycles. The maximum absolute atomic E-state index is 11.3. The van der Waals surface area contributed by atoms with Gasteiger partial charge in [0.15, 0.2) is 11.5 Å². The molecule has 1 atom stereocenters. The van der Waals surface area contributed by atoms with E-state index in [4.69, 9.17) is 9.47 Å². The minimum atomic E-state index is -0.681. The van der Waals surface area contributed by atoms with Gasteiger partial charge in [-0.2, -0.15) is 0 Å². The molecule has 2 aliphatic rings. The lowest BCUT2D eigenvalue weighted by molar-refractivity contribution is -0.143. The average molecular weight is 353 g/mol. The van der Waals surface area contributed by atoms with Gasteiger partial charge in [0, 0.05) is 0 Å². The maximum Gasteiger partial charge on any atom is 0.306 e. The quantitative estimate of drug-likeness (QED) is 0.910. The molecule has 0 aromatic heterocycles. The average Bonchev–Trinajstić information content (AvgIpc) is 3.10. The molecule has 0 bridgehead atoms. The molecule has 0 radical (unpaired) electrons. The minimum Gasteiger partial charge on any atom is -0.481 e. The van der Waals surface area contributed by atoms with E-state index in [1.807, 2.05) is 6.07 Å². The van der Waals surface area contributed by atoms with Gasteiger partial charge in [0.2, 0.25) is 6.79 Å². The Morgan fingerprint density at radius 1 is 1.08 bits per heavy atom. The molecular weight excluding hydrogens is 330 g/mol. The summed E-state index contributed by atoms with van der Waals surface area (Å²) in [5.41, 5.74) is 3.58. The van der Waals surface area contributed by atoms with Crippen LogP contribution in [0.15, 0.2) is 42.5 Å². The summed E-state index contributed by atoms with van der Waals surface area (Å²) in [6, 6.07) is 14.7. The Hall–Kier alpha value is -2.53. The first-order valence-electron chi connectivity index (χ1n) is 9.05. The van der Waals surface area contributed by atoms with Crippen molar-refractivity contribution in [1.29, 1.82) is 0 Å². The van der Waals surface area contributed by atoms with Crippen molar-refractivity contribution in [3.8, 4) is 11.5 Å². The summed E-state index contributed by atoms with van der Waals surface area (Å²) in [5.74, 6) is 0.642. The highest BCUT2D eigenvalue weighted by molar-refractivity contribution is 5.70. The molecular formula is C21H23NO4. The fourth-order valence-corrected chi connectivity index (χ4v) is 3.94. The van der Waals surface area contributed by atoms with E-state index < -0.39 is 5.97 Å². The number of nitrogens with zero attached hydrogens (tertiary/aromatic N) is 1. The number of likely N-dealkylation sites (tertiary alicyclic amines) is 1. The lowest BCUT2D eigenvalue weighted by atomic mass is 9.90. The zero-order chi connectivity index (χ0) is 18.1. The van der Waals surface area contributed by atoms with Gasteiger partial charge in [-0.25, -0.2) is 0 Å². The van der Waals surface area contributed by atoms with E-state index in [-0.39, 0.29) is 18.8 Å². The van der Waals surface area contributed by atoms with Crippen LogP contribution >= 0.6 is 0 Å². The highest BCUT2D eigenvalue weighted by Crippen LogP contribution is 2.39. The summed E-state index contributed by atoms with van der Waals surface area (Å²) < 4.78 is 11.0. The third-order valence-electron chi connectivity index (χ3n) is 5.31. The highest BCUT2D eigenvalue weighted by atomic mass is 16.7. The van der Waals surface area contributed by atoms with E-state index in [1.54, 1.807) is 0 Å². The van der Waals surface area contributed by atoms with Gasteiger partial charge >= 0.3 is 5.97 Å². The van der Waals surface area contributed by atoms with Gasteiger partial charge in [0.1, 0.15) is 0 Å². The Bertz CT molecular complexity index is 811. The molecule has 1 N–H and O–H groups in total. The van der Waals surface area contributed by atoms with E-state index in [0.29, 0.717) is 12.8 Å². The number of hydrogen-bond acceptors (Lipinski definition) is 4. The van der Waals surface area contributed by atoms with Crippen molar-refractivity contribution in [2.24, 2.45) is 5.92 Å². The smallest absolute Gasteiger partial charge is 0.306 e. The van der Waals surface area contributed by atoms with Gasteiger partial charge in [0.25, 0.3) is 0 Å². The molecule has 1 unspecified atom stereocenters. The third kappa shape index (κ3) is 3.27. The van der Waals surface area contributed by atoms with Gasteiger partial charge < -0.3 is 14.6 Å². The highest BCUT2D eigenvalue weighted by Gasteiger charge is 2.31. The summed E-state index contributed by atoms with van der Waals surface area (Å²) in [6.45, 7) is 3.89. The monoisotopic (exact) mass is 353 g/mol. The number of rotatable bonds is 4. The SMILES string of the molecule is Cc1cccc(C(c2ccc3c(c2)OCO3)N2CCC(C(=O)O)CC2)c1. The van der Waals surface area contributed by atoms with Crippen LogP contribution in [-0.2, 0) is 4.79 Å². The van der Waals surface area contributed by atoms with E-state index in [2.05, 4.69) is 48.2 Å². The van der Waals surface area contributed by atoms with E-state index in [0.717, 1.165) is 30.2 Å². The van der Waals surface area contributed by atoms with E-state index in [9.17, 15) is 9.90 Å². The Kier molecular flexibility index (Phi) is 4.55. The normalized spacial score (nSPS) is 18.7. The van der Waals surface area contributed by atoms with Gasteiger partial charge in [-0.15, -0.1) is 0 Å². The van der Waals surface area contributed by atoms with Gasteiger partial charge in [-0.3, -0.25) is 9.69 Å². The zero-order valence-electron chi connectivity index (χ0n) is 14.9. The van der Waals surface area contributed by atoms with Gasteiger partial charge in [-0.05, 0) is 56.1 Å². The third-order valence-corrected chi connectivity index (χ3v) is 5.31. The van der Waals surface area contributed by atoms with Crippen LogP contribution in [0.4, 0.5) is 0 Å². The second-order valence-electron chi connectivity index (χ2n) is 7.08. The van der Waals surface area contributed by atoms with Crippen LogP contribution in [0.3, 0.4) is 0 Å². The summed E-state index contributed by atoms with van der Waals surface area (Å²) in [7, 11) is 0.